The normalized spacial score (nSPS) is 15.4. The number of thioether (sulfide) groups is 1. The molecule has 0 unspecified atom stereocenters. The quantitative estimate of drug-likeness (QED) is 0.627. The lowest BCUT2D eigenvalue weighted by Crippen LogP contribution is -2.49. The van der Waals surface area contributed by atoms with Gasteiger partial charge in [-0.2, -0.15) is 8.78 Å². The van der Waals surface area contributed by atoms with E-state index in [0.29, 0.717) is 35.5 Å². The number of anilines is 1. The number of benzene rings is 2. The van der Waals surface area contributed by atoms with Crippen LogP contribution in [-0.4, -0.2) is 67.3 Å². The first-order valence-electron chi connectivity index (χ1n) is 9.56. The van der Waals surface area contributed by atoms with Gasteiger partial charge in [0.1, 0.15) is 12.4 Å². The molecule has 1 aliphatic heterocycles. The predicted octanol–water partition coefficient (Wildman–Crippen LogP) is 3.64. The van der Waals surface area contributed by atoms with E-state index < -0.39 is 5.76 Å². The lowest BCUT2D eigenvalue weighted by atomic mass is 10.3. The first kappa shape index (κ1) is 21.5. The third-order valence-corrected chi connectivity index (χ3v) is 5.34. The van der Waals surface area contributed by atoms with Crippen LogP contribution in [0, 0.1) is 0 Å². The minimum Gasteiger partial charge on any atom is -0.492 e. The van der Waals surface area contributed by atoms with Gasteiger partial charge < -0.3 is 10.1 Å². The number of carbonyl (C=O) groups excluding carboxylic acids is 1. The summed E-state index contributed by atoms with van der Waals surface area (Å²) in [5, 5.41) is 2.82. The van der Waals surface area contributed by atoms with Crippen molar-refractivity contribution >= 4 is 23.4 Å². The fourth-order valence-electron chi connectivity index (χ4n) is 3.10. The highest BCUT2D eigenvalue weighted by Gasteiger charge is 2.19. The summed E-state index contributed by atoms with van der Waals surface area (Å²) in [7, 11) is 0. The van der Waals surface area contributed by atoms with Gasteiger partial charge in [0.25, 0.3) is 5.76 Å². The number of hydrogen-bond donors (Lipinski definition) is 1. The Morgan fingerprint density at radius 3 is 2.31 bits per heavy atom. The van der Waals surface area contributed by atoms with E-state index in [0.717, 1.165) is 38.5 Å². The molecule has 0 bridgehead atoms. The van der Waals surface area contributed by atoms with E-state index in [9.17, 15) is 13.6 Å². The number of para-hydroxylation sites is 1. The molecule has 0 spiro atoms. The number of alkyl halides is 2. The van der Waals surface area contributed by atoms with Gasteiger partial charge in [-0.1, -0.05) is 30.0 Å². The largest absolute Gasteiger partial charge is 0.492 e. The zero-order valence-electron chi connectivity index (χ0n) is 16.1. The number of rotatable bonds is 9. The third kappa shape index (κ3) is 7.64. The zero-order chi connectivity index (χ0) is 20.5. The van der Waals surface area contributed by atoms with Crippen molar-refractivity contribution in [3.8, 4) is 5.75 Å². The summed E-state index contributed by atoms with van der Waals surface area (Å²) >= 11 is 0.491. The monoisotopic (exact) mass is 421 g/mol. The van der Waals surface area contributed by atoms with E-state index in [4.69, 9.17) is 4.74 Å². The molecule has 8 heteroatoms. The number of nitrogens with one attached hydrogen (secondary N) is 1. The predicted molar refractivity (Wildman–Crippen MR) is 112 cm³/mol. The van der Waals surface area contributed by atoms with Crippen LogP contribution in [0.25, 0.3) is 0 Å². The Hall–Kier alpha value is -2.16. The Bertz CT molecular complexity index is 754. The minimum absolute atomic E-state index is 0.0971. The van der Waals surface area contributed by atoms with Crippen molar-refractivity contribution in [2.75, 3.05) is 51.2 Å². The van der Waals surface area contributed by atoms with Crippen LogP contribution >= 0.6 is 11.8 Å². The summed E-state index contributed by atoms with van der Waals surface area (Å²) in [4.78, 5) is 17.2. The smallest absolute Gasteiger partial charge is 0.288 e. The van der Waals surface area contributed by atoms with Crippen molar-refractivity contribution in [1.29, 1.82) is 0 Å². The number of ether oxygens (including phenoxy) is 1. The zero-order valence-corrected chi connectivity index (χ0v) is 16.9. The molecule has 0 atom stereocenters. The first-order chi connectivity index (χ1) is 14.1. The number of carbonyl (C=O) groups is 1. The fourth-order valence-corrected chi connectivity index (χ4v) is 3.60. The van der Waals surface area contributed by atoms with Gasteiger partial charge in [0.15, 0.2) is 0 Å². The highest BCUT2D eigenvalue weighted by molar-refractivity contribution is 7.99. The van der Waals surface area contributed by atoms with Crippen molar-refractivity contribution in [3.63, 3.8) is 0 Å². The summed E-state index contributed by atoms with van der Waals surface area (Å²) in [6.07, 6.45) is 0. The summed E-state index contributed by atoms with van der Waals surface area (Å²) in [6.45, 7) is 5.26. The second-order valence-corrected chi connectivity index (χ2v) is 7.79. The molecule has 2 aromatic carbocycles. The van der Waals surface area contributed by atoms with Crippen molar-refractivity contribution in [1.82, 2.24) is 9.80 Å². The molecule has 0 saturated carbocycles. The summed E-state index contributed by atoms with van der Waals surface area (Å²) in [5.41, 5.74) is 0.616. The van der Waals surface area contributed by atoms with Crippen LogP contribution in [0.4, 0.5) is 14.5 Å². The summed E-state index contributed by atoms with van der Waals surface area (Å²) < 4.78 is 30.4. The van der Waals surface area contributed by atoms with Gasteiger partial charge in [-0.3, -0.25) is 14.6 Å². The molecular weight excluding hydrogens is 396 g/mol. The fraction of sp³-hybridized carbons (Fsp3) is 0.381. The van der Waals surface area contributed by atoms with E-state index in [1.165, 1.54) is 0 Å². The van der Waals surface area contributed by atoms with Crippen LogP contribution in [0.2, 0.25) is 0 Å². The second-order valence-electron chi connectivity index (χ2n) is 6.73. The van der Waals surface area contributed by atoms with E-state index in [1.807, 2.05) is 30.3 Å². The standard InChI is InChI=1S/C21H25F2N3O2S/c22-21(23)29-19-8-6-17(7-9-19)24-20(27)16-26-12-10-25(11-13-26)14-15-28-18-4-2-1-3-5-18/h1-9,21H,10-16H2,(H,24,27). The Balaban J connectivity index is 1.33. The molecule has 1 N–H and O–H groups in total. The van der Waals surface area contributed by atoms with Crippen LogP contribution in [0.3, 0.4) is 0 Å². The van der Waals surface area contributed by atoms with Crippen LogP contribution in [-0.2, 0) is 4.79 Å². The minimum atomic E-state index is -2.45. The second kappa shape index (κ2) is 11.1. The molecule has 1 aliphatic rings. The van der Waals surface area contributed by atoms with Gasteiger partial charge in [0, 0.05) is 43.3 Å². The SMILES string of the molecule is O=C(CN1CCN(CCOc2ccccc2)CC1)Nc1ccc(SC(F)F)cc1. The van der Waals surface area contributed by atoms with Crippen molar-refractivity contribution in [2.45, 2.75) is 10.7 Å². The molecule has 1 saturated heterocycles. The maximum atomic E-state index is 12.3. The van der Waals surface area contributed by atoms with Crippen molar-refractivity contribution in [2.24, 2.45) is 0 Å². The van der Waals surface area contributed by atoms with Gasteiger partial charge in [-0.25, -0.2) is 0 Å². The van der Waals surface area contributed by atoms with Crippen LogP contribution in [0.5, 0.6) is 5.75 Å². The summed E-state index contributed by atoms with van der Waals surface area (Å²) in [6, 6.07) is 16.2. The highest BCUT2D eigenvalue weighted by atomic mass is 32.2. The lowest BCUT2D eigenvalue weighted by Gasteiger charge is -2.34. The van der Waals surface area contributed by atoms with Gasteiger partial charge in [0.2, 0.25) is 5.91 Å². The number of hydrogen-bond acceptors (Lipinski definition) is 5. The maximum Gasteiger partial charge on any atom is 0.288 e. The average Bonchev–Trinajstić information content (AvgIpc) is 2.71. The van der Waals surface area contributed by atoms with E-state index in [1.54, 1.807) is 24.3 Å². The molecule has 0 aromatic heterocycles. The third-order valence-electron chi connectivity index (χ3n) is 4.61. The Kier molecular flexibility index (Phi) is 8.27. The number of piperazine rings is 1. The van der Waals surface area contributed by atoms with E-state index >= 15 is 0 Å². The Labute approximate surface area is 174 Å². The van der Waals surface area contributed by atoms with Crippen LogP contribution in [0.15, 0.2) is 59.5 Å². The molecule has 0 aliphatic carbocycles. The van der Waals surface area contributed by atoms with Crippen LogP contribution in [0.1, 0.15) is 0 Å². The number of halogens is 2. The molecule has 1 heterocycles. The molecule has 1 amide bonds. The molecule has 5 nitrogen and oxygen atoms in total. The number of nitrogens with zero attached hydrogens (tertiary/aromatic N) is 2. The van der Waals surface area contributed by atoms with Crippen molar-refractivity contribution < 1.29 is 18.3 Å². The molecule has 0 radical (unpaired) electrons. The molecule has 156 valence electrons. The van der Waals surface area contributed by atoms with E-state index in [-0.39, 0.29) is 5.91 Å². The number of amides is 1. The summed E-state index contributed by atoms with van der Waals surface area (Å²) in [5.74, 6) is -1.66. The van der Waals surface area contributed by atoms with Crippen molar-refractivity contribution in [3.05, 3.63) is 54.6 Å². The first-order valence-corrected chi connectivity index (χ1v) is 10.4. The molecular formula is C21H25F2N3O2S. The topological polar surface area (TPSA) is 44.8 Å². The molecule has 1 fully saturated rings. The maximum absolute atomic E-state index is 12.3. The Morgan fingerprint density at radius 2 is 1.66 bits per heavy atom. The van der Waals surface area contributed by atoms with Gasteiger partial charge >= 0.3 is 0 Å². The van der Waals surface area contributed by atoms with E-state index in [2.05, 4.69) is 15.1 Å². The van der Waals surface area contributed by atoms with Gasteiger partial charge in [-0.05, 0) is 36.4 Å². The lowest BCUT2D eigenvalue weighted by molar-refractivity contribution is -0.117. The van der Waals surface area contributed by atoms with Gasteiger partial charge in [0.05, 0.1) is 6.54 Å². The highest BCUT2D eigenvalue weighted by Crippen LogP contribution is 2.26. The van der Waals surface area contributed by atoms with Gasteiger partial charge in [-0.15, -0.1) is 0 Å². The average molecular weight is 422 g/mol. The molecule has 2 aromatic rings. The Morgan fingerprint density at radius 1 is 1.00 bits per heavy atom. The molecule has 3 rings (SSSR count). The van der Waals surface area contributed by atoms with Crippen LogP contribution < -0.4 is 10.1 Å². The molecule has 29 heavy (non-hydrogen) atoms.